The fourth-order valence-corrected chi connectivity index (χ4v) is 0.893. The van der Waals surface area contributed by atoms with Crippen LogP contribution in [0.3, 0.4) is 0 Å². The van der Waals surface area contributed by atoms with Gasteiger partial charge in [-0.15, -0.1) is 5.06 Å². The molecule has 0 aromatic heterocycles. The molecule has 1 saturated heterocycles. The van der Waals surface area contributed by atoms with Crippen LogP contribution in [0.15, 0.2) is 0 Å². The van der Waals surface area contributed by atoms with Gasteiger partial charge in [0.15, 0.2) is 6.23 Å². The van der Waals surface area contributed by atoms with Crippen molar-refractivity contribution < 1.29 is 19.5 Å². The molecule has 1 unspecified atom stereocenters. The van der Waals surface area contributed by atoms with E-state index in [-0.39, 0.29) is 12.3 Å². The van der Waals surface area contributed by atoms with E-state index in [1.54, 1.807) is 0 Å². The molecule has 12 heavy (non-hydrogen) atoms. The zero-order valence-electron chi connectivity index (χ0n) is 6.61. The molecule has 6 nitrogen and oxygen atoms in total. The first-order valence-electron chi connectivity index (χ1n) is 3.55. The molecule has 1 heterocycles. The summed E-state index contributed by atoms with van der Waals surface area (Å²) in [4.78, 5) is 26.0. The minimum atomic E-state index is -1.00. The molecule has 1 aliphatic rings. The number of hydroxylamine groups is 2. The first kappa shape index (κ1) is 8.79. The van der Waals surface area contributed by atoms with E-state index < -0.39 is 12.3 Å². The third-order valence-corrected chi connectivity index (χ3v) is 1.52. The summed E-state index contributed by atoms with van der Waals surface area (Å²) in [5.41, 5.74) is 0. The van der Waals surface area contributed by atoms with Gasteiger partial charge in [-0.3, -0.25) is 4.79 Å². The van der Waals surface area contributed by atoms with Gasteiger partial charge >= 0.3 is 6.09 Å². The number of carbonyl (C=O) groups is 2. The Hall–Kier alpha value is -1.30. The standard InChI is InChI=1S/C6H10N2O4/c1-7-6(11)12-8-4(9)2-3-5(8)10/h4,9H,2-3H2,1H3,(H,7,11). The summed E-state index contributed by atoms with van der Waals surface area (Å²) in [5.74, 6) is -0.383. The molecule has 1 rings (SSSR count). The number of carbonyl (C=O) groups excluding carboxylic acids is 2. The molecule has 2 N–H and O–H groups in total. The summed E-state index contributed by atoms with van der Waals surface area (Å²) in [7, 11) is 1.37. The Balaban J connectivity index is 2.50. The van der Waals surface area contributed by atoms with E-state index in [2.05, 4.69) is 10.2 Å². The summed E-state index contributed by atoms with van der Waals surface area (Å²) in [6, 6.07) is 0. The Morgan fingerprint density at radius 2 is 2.50 bits per heavy atom. The highest BCUT2D eigenvalue weighted by atomic mass is 16.7. The van der Waals surface area contributed by atoms with Gasteiger partial charge in [-0.1, -0.05) is 0 Å². The number of amides is 2. The molecule has 0 aromatic carbocycles. The lowest BCUT2D eigenvalue weighted by Gasteiger charge is -2.17. The van der Waals surface area contributed by atoms with Crippen molar-refractivity contribution in [3.63, 3.8) is 0 Å². The molecule has 0 spiro atoms. The molecular formula is C6H10N2O4. The van der Waals surface area contributed by atoms with E-state index in [1.807, 2.05) is 0 Å². The fourth-order valence-electron chi connectivity index (χ4n) is 0.893. The van der Waals surface area contributed by atoms with E-state index in [1.165, 1.54) is 7.05 Å². The number of aliphatic hydroxyl groups excluding tert-OH is 1. The lowest BCUT2D eigenvalue weighted by atomic mass is 10.4. The summed E-state index contributed by atoms with van der Waals surface area (Å²) in [6.07, 6.45) is -1.26. The fraction of sp³-hybridized carbons (Fsp3) is 0.667. The number of hydrogen-bond acceptors (Lipinski definition) is 4. The quantitative estimate of drug-likeness (QED) is 0.545. The zero-order valence-corrected chi connectivity index (χ0v) is 6.61. The Morgan fingerprint density at radius 3 is 2.92 bits per heavy atom. The summed E-state index contributed by atoms with van der Waals surface area (Å²) >= 11 is 0. The zero-order chi connectivity index (χ0) is 9.14. The van der Waals surface area contributed by atoms with Crippen LogP contribution in [0.1, 0.15) is 12.8 Å². The highest BCUT2D eigenvalue weighted by molar-refractivity contribution is 5.79. The largest absolute Gasteiger partial charge is 0.431 e. The van der Waals surface area contributed by atoms with Crippen LogP contribution in [-0.4, -0.2) is 35.4 Å². The number of rotatable bonds is 1. The van der Waals surface area contributed by atoms with Crippen molar-refractivity contribution in [3.05, 3.63) is 0 Å². The third-order valence-electron chi connectivity index (χ3n) is 1.52. The predicted molar refractivity (Wildman–Crippen MR) is 37.6 cm³/mol. The van der Waals surface area contributed by atoms with Crippen molar-refractivity contribution in [2.45, 2.75) is 19.1 Å². The average Bonchev–Trinajstić information content (AvgIpc) is 2.35. The summed E-state index contributed by atoms with van der Waals surface area (Å²) < 4.78 is 0. The molecule has 2 amide bonds. The monoisotopic (exact) mass is 174 g/mol. The molecule has 0 radical (unpaired) electrons. The highest BCUT2D eigenvalue weighted by Crippen LogP contribution is 2.16. The van der Waals surface area contributed by atoms with Crippen LogP contribution in [0, 0.1) is 0 Å². The van der Waals surface area contributed by atoms with E-state index >= 15 is 0 Å². The molecule has 68 valence electrons. The number of aliphatic hydroxyl groups is 1. The Morgan fingerprint density at radius 1 is 1.83 bits per heavy atom. The van der Waals surface area contributed by atoms with Gasteiger partial charge in [-0.2, -0.15) is 0 Å². The second kappa shape index (κ2) is 3.40. The first-order valence-corrected chi connectivity index (χ1v) is 3.55. The van der Waals surface area contributed by atoms with Crippen molar-refractivity contribution in [3.8, 4) is 0 Å². The van der Waals surface area contributed by atoms with Crippen molar-refractivity contribution in [1.82, 2.24) is 10.4 Å². The minimum absolute atomic E-state index is 0.207. The number of hydrogen-bond donors (Lipinski definition) is 2. The summed E-state index contributed by atoms with van der Waals surface area (Å²) in [6.45, 7) is 0. The van der Waals surface area contributed by atoms with Crippen molar-refractivity contribution in [2.24, 2.45) is 0 Å². The van der Waals surface area contributed by atoms with Gasteiger partial charge in [-0.25, -0.2) is 4.79 Å². The SMILES string of the molecule is CNC(=O)ON1C(=O)CCC1O. The Bertz CT molecular complexity index is 206. The molecule has 1 aliphatic heterocycles. The van der Waals surface area contributed by atoms with Gasteiger partial charge in [0.1, 0.15) is 0 Å². The van der Waals surface area contributed by atoms with Crippen LogP contribution in [0.4, 0.5) is 4.79 Å². The van der Waals surface area contributed by atoms with Gasteiger partial charge in [0.2, 0.25) is 0 Å². The molecule has 1 fully saturated rings. The van der Waals surface area contributed by atoms with Gasteiger partial charge < -0.3 is 15.3 Å². The van der Waals surface area contributed by atoms with Gasteiger partial charge in [-0.05, 0) is 0 Å². The van der Waals surface area contributed by atoms with E-state index in [0.29, 0.717) is 11.5 Å². The topological polar surface area (TPSA) is 78.9 Å². The summed E-state index contributed by atoms with van der Waals surface area (Å²) in [5, 5.41) is 12.0. The predicted octanol–water partition coefficient (Wildman–Crippen LogP) is -0.802. The molecule has 0 aromatic rings. The van der Waals surface area contributed by atoms with Gasteiger partial charge in [0, 0.05) is 19.9 Å². The van der Waals surface area contributed by atoms with E-state index in [0.717, 1.165) is 0 Å². The second-order valence-corrected chi connectivity index (χ2v) is 2.37. The third kappa shape index (κ3) is 1.65. The van der Waals surface area contributed by atoms with Gasteiger partial charge in [0.25, 0.3) is 5.91 Å². The highest BCUT2D eigenvalue weighted by Gasteiger charge is 2.32. The molecule has 0 aliphatic carbocycles. The number of nitrogens with zero attached hydrogens (tertiary/aromatic N) is 1. The van der Waals surface area contributed by atoms with Crippen molar-refractivity contribution in [2.75, 3.05) is 7.05 Å². The minimum Gasteiger partial charge on any atom is -0.370 e. The lowest BCUT2D eigenvalue weighted by Crippen LogP contribution is -2.38. The normalized spacial score (nSPS) is 22.7. The maximum atomic E-state index is 10.9. The smallest absolute Gasteiger partial charge is 0.370 e. The van der Waals surface area contributed by atoms with Crippen LogP contribution in [0.25, 0.3) is 0 Å². The molecular weight excluding hydrogens is 164 g/mol. The Kier molecular flexibility index (Phi) is 2.49. The van der Waals surface area contributed by atoms with E-state index in [4.69, 9.17) is 5.11 Å². The van der Waals surface area contributed by atoms with Crippen LogP contribution < -0.4 is 5.32 Å². The van der Waals surface area contributed by atoms with Crippen molar-refractivity contribution in [1.29, 1.82) is 0 Å². The first-order chi connectivity index (χ1) is 5.65. The van der Waals surface area contributed by atoms with Crippen LogP contribution in [0.5, 0.6) is 0 Å². The molecule has 0 bridgehead atoms. The lowest BCUT2D eigenvalue weighted by molar-refractivity contribution is -0.189. The maximum Gasteiger partial charge on any atom is 0.431 e. The van der Waals surface area contributed by atoms with Crippen LogP contribution in [-0.2, 0) is 9.63 Å². The van der Waals surface area contributed by atoms with E-state index in [9.17, 15) is 9.59 Å². The second-order valence-electron chi connectivity index (χ2n) is 2.37. The average molecular weight is 174 g/mol. The molecule has 1 atom stereocenters. The number of nitrogens with one attached hydrogen (secondary N) is 1. The molecule has 6 heteroatoms. The van der Waals surface area contributed by atoms with Crippen LogP contribution in [0.2, 0.25) is 0 Å². The Labute approximate surface area is 69.1 Å². The van der Waals surface area contributed by atoms with Crippen LogP contribution >= 0.6 is 0 Å². The molecule has 0 saturated carbocycles. The maximum absolute atomic E-state index is 10.9. The van der Waals surface area contributed by atoms with Crippen molar-refractivity contribution >= 4 is 12.0 Å². The van der Waals surface area contributed by atoms with Gasteiger partial charge in [0.05, 0.1) is 0 Å².